The van der Waals surface area contributed by atoms with Crippen molar-refractivity contribution in [3.8, 4) is 5.75 Å². The third-order valence-electron chi connectivity index (χ3n) is 5.82. The number of ether oxygens (including phenoxy) is 1. The Morgan fingerprint density at radius 2 is 1.88 bits per heavy atom. The fraction of sp³-hybridized carbons (Fsp3) is 0.440. The van der Waals surface area contributed by atoms with E-state index in [0.717, 1.165) is 60.2 Å². The van der Waals surface area contributed by atoms with E-state index in [0.29, 0.717) is 19.1 Å². The Kier molecular flexibility index (Phi) is 7.40. The molecule has 0 aliphatic carbocycles. The minimum atomic E-state index is 0.0572. The molecule has 1 aliphatic heterocycles. The first-order valence-electron chi connectivity index (χ1n) is 11.3. The van der Waals surface area contributed by atoms with Crippen LogP contribution in [0.5, 0.6) is 5.75 Å². The maximum absolute atomic E-state index is 12.4. The molecule has 1 aromatic heterocycles. The van der Waals surface area contributed by atoms with Crippen LogP contribution in [0.3, 0.4) is 0 Å². The summed E-state index contributed by atoms with van der Waals surface area (Å²) < 4.78 is 7.24. The molecular weight excluding hydrogens is 420 g/mol. The number of fused-ring (bicyclic) bond motifs is 1. The maximum atomic E-state index is 12.4. The molecule has 1 fully saturated rings. The molecule has 0 spiro atoms. The van der Waals surface area contributed by atoms with Crippen LogP contribution in [0.1, 0.15) is 17.5 Å². The standard InChI is InChI=1S/C25H32N4O2S/c1-18(17-31-21-8-9-24-23(14-21)26-20(3)32-24)15-28-10-12-29(13-11-28)16-25(30)27-22-7-5-4-6-19(22)2/h4-9,14,18H,10-13,15-17H2,1-3H3,(H,27,30)/t18-/m1/s1. The van der Waals surface area contributed by atoms with Gasteiger partial charge in [0.1, 0.15) is 5.75 Å². The first-order chi connectivity index (χ1) is 15.5. The van der Waals surface area contributed by atoms with Crippen molar-refractivity contribution in [2.75, 3.05) is 51.2 Å². The van der Waals surface area contributed by atoms with Gasteiger partial charge in [-0.05, 0) is 37.6 Å². The lowest BCUT2D eigenvalue weighted by atomic mass is 10.1. The summed E-state index contributed by atoms with van der Waals surface area (Å²) in [7, 11) is 0. The van der Waals surface area contributed by atoms with Gasteiger partial charge in [0.15, 0.2) is 0 Å². The van der Waals surface area contributed by atoms with E-state index in [2.05, 4.69) is 33.1 Å². The zero-order chi connectivity index (χ0) is 22.5. The highest BCUT2D eigenvalue weighted by molar-refractivity contribution is 7.18. The van der Waals surface area contributed by atoms with Crippen LogP contribution in [0.15, 0.2) is 42.5 Å². The molecule has 6 nitrogen and oxygen atoms in total. The molecule has 1 aliphatic rings. The van der Waals surface area contributed by atoms with Crippen molar-refractivity contribution in [1.29, 1.82) is 0 Å². The third kappa shape index (κ3) is 6.06. The predicted octanol–water partition coefficient (Wildman–Crippen LogP) is 4.18. The highest BCUT2D eigenvalue weighted by atomic mass is 32.1. The lowest BCUT2D eigenvalue weighted by Gasteiger charge is -2.35. The number of piperazine rings is 1. The summed E-state index contributed by atoms with van der Waals surface area (Å²) in [6.45, 7) is 12.2. The SMILES string of the molecule is Cc1nc2cc(OC[C@H](C)CN3CCN(CC(=O)Nc4ccccc4C)CC3)ccc2s1. The average Bonchev–Trinajstić information content (AvgIpc) is 3.14. The molecule has 1 saturated heterocycles. The van der Waals surface area contributed by atoms with Crippen molar-refractivity contribution >= 4 is 33.1 Å². The van der Waals surface area contributed by atoms with E-state index < -0.39 is 0 Å². The molecule has 0 radical (unpaired) electrons. The van der Waals surface area contributed by atoms with E-state index in [1.165, 1.54) is 4.70 Å². The largest absolute Gasteiger partial charge is 0.493 e. The first-order valence-corrected chi connectivity index (χ1v) is 12.1. The van der Waals surface area contributed by atoms with E-state index in [-0.39, 0.29) is 5.91 Å². The summed E-state index contributed by atoms with van der Waals surface area (Å²) >= 11 is 1.71. The average molecular weight is 453 g/mol. The minimum Gasteiger partial charge on any atom is -0.493 e. The monoisotopic (exact) mass is 452 g/mol. The molecule has 1 N–H and O–H groups in total. The van der Waals surface area contributed by atoms with Crippen LogP contribution in [0, 0.1) is 19.8 Å². The molecule has 170 valence electrons. The summed E-state index contributed by atoms with van der Waals surface area (Å²) in [5.74, 6) is 1.37. The number of nitrogens with zero attached hydrogens (tertiary/aromatic N) is 3. The van der Waals surface area contributed by atoms with E-state index in [1.54, 1.807) is 11.3 Å². The van der Waals surface area contributed by atoms with Crippen LogP contribution in [0.4, 0.5) is 5.69 Å². The van der Waals surface area contributed by atoms with E-state index >= 15 is 0 Å². The van der Waals surface area contributed by atoms with Gasteiger partial charge in [-0.2, -0.15) is 0 Å². The molecule has 0 saturated carbocycles. The van der Waals surface area contributed by atoms with Gasteiger partial charge in [0.25, 0.3) is 0 Å². The Hall–Kier alpha value is -2.48. The Morgan fingerprint density at radius 3 is 2.66 bits per heavy atom. The van der Waals surface area contributed by atoms with Gasteiger partial charge in [-0.3, -0.25) is 9.69 Å². The number of para-hydroxylation sites is 1. The van der Waals surface area contributed by atoms with Gasteiger partial charge in [0.05, 0.1) is 28.4 Å². The molecule has 1 atom stereocenters. The Balaban J connectivity index is 1.17. The quantitative estimate of drug-likeness (QED) is 0.556. The Morgan fingerprint density at radius 1 is 1.12 bits per heavy atom. The van der Waals surface area contributed by atoms with Crippen molar-refractivity contribution in [3.05, 3.63) is 53.0 Å². The lowest BCUT2D eigenvalue weighted by Crippen LogP contribution is -2.49. The normalized spacial score (nSPS) is 16.2. The number of aromatic nitrogens is 1. The lowest BCUT2D eigenvalue weighted by molar-refractivity contribution is -0.117. The van der Waals surface area contributed by atoms with Crippen molar-refractivity contribution in [2.24, 2.45) is 5.92 Å². The van der Waals surface area contributed by atoms with Gasteiger partial charge >= 0.3 is 0 Å². The summed E-state index contributed by atoms with van der Waals surface area (Å²) in [5, 5.41) is 4.11. The van der Waals surface area contributed by atoms with Crippen LogP contribution < -0.4 is 10.1 Å². The second-order valence-electron chi connectivity index (χ2n) is 8.72. The van der Waals surface area contributed by atoms with Crippen LogP contribution in [-0.2, 0) is 4.79 Å². The number of carbonyl (C=O) groups excluding carboxylic acids is 1. The van der Waals surface area contributed by atoms with Crippen LogP contribution in [0.25, 0.3) is 10.2 Å². The van der Waals surface area contributed by atoms with Gasteiger partial charge in [0.2, 0.25) is 5.91 Å². The fourth-order valence-electron chi connectivity index (χ4n) is 4.08. The number of aryl methyl sites for hydroxylation is 2. The number of hydrogen-bond acceptors (Lipinski definition) is 6. The highest BCUT2D eigenvalue weighted by Gasteiger charge is 2.20. The molecule has 2 aromatic carbocycles. The molecule has 1 amide bonds. The second-order valence-corrected chi connectivity index (χ2v) is 9.95. The summed E-state index contributed by atoms with van der Waals surface area (Å²) in [6.07, 6.45) is 0. The predicted molar refractivity (Wildman–Crippen MR) is 132 cm³/mol. The molecule has 0 unspecified atom stereocenters. The summed E-state index contributed by atoms with van der Waals surface area (Å²) in [5.41, 5.74) is 3.00. The van der Waals surface area contributed by atoms with E-state index in [9.17, 15) is 4.79 Å². The van der Waals surface area contributed by atoms with Crippen LogP contribution in [-0.4, -0.2) is 66.6 Å². The van der Waals surface area contributed by atoms with Crippen molar-refractivity contribution in [3.63, 3.8) is 0 Å². The van der Waals surface area contributed by atoms with Gasteiger partial charge in [-0.25, -0.2) is 4.98 Å². The Labute approximate surface area is 194 Å². The van der Waals surface area contributed by atoms with Gasteiger partial charge < -0.3 is 15.0 Å². The molecule has 2 heterocycles. The molecule has 32 heavy (non-hydrogen) atoms. The number of benzene rings is 2. The van der Waals surface area contributed by atoms with Crippen molar-refractivity contribution < 1.29 is 9.53 Å². The minimum absolute atomic E-state index is 0.0572. The molecular formula is C25H32N4O2S. The molecule has 4 rings (SSSR count). The molecule has 0 bridgehead atoms. The van der Waals surface area contributed by atoms with Crippen LogP contribution >= 0.6 is 11.3 Å². The van der Waals surface area contributed by atoms with Gasteiger partial charge in [0, 0.05) is 50.4 Å². The topological polar surface area (TPSA) is 57.7 Å². The maximum Gasteiger partial charge on any atom is 0.238 e. The third-order valence-corrected chi connectivity index (χ3v) is 6.77. The molecule has 7 heteroatoms. The number of thiazole rings is 1. The second kappa shape index (κ2) is 10.4. The number of amides is 1. The van der Waals surface area contributed by atoms with Gasteiger partial charge in [-0.1, -0.05) is 25.1 Å². The highest BCUT2D eigenvalue weighted by Crippen LogP contribution is 2.25. The van der Waals surface area contributed by atoms with Gasteiger partial charge in [-0.15, -0.1) is 11.3 Å². The number of carbonyl (C=O) groups is 1. The zero-order valence-corrected chi connectivity index (χ0v) is 20.0. The smallest absolute Gasteiger partial charge is 0.238 e. The summed E-state index contributed by atoms with van der Waals surface area (Å²) in [4.78, 5) is 21.7. The van der Waals surface area contributed by atoms with E-state index in [1.807, 2.05) is 50.2 Å². The first kappa shape index (κ1) is 22.7. The summed E-state index contributed by atoms with van der Waals surface area (Å²) in [6, 6.07) is 14.1. The van der Waals surface area contributed by atoms with E-state index in [4.69, 9.17) is 4.74 Å². The number of hydrogen-bond donors (Lipinski definition) is 1. The zero-order valence-electron chi connectivity index (χ0n) is 19.1. The van der Waals surface area contributed by atoms with Crippen molar-refractivity contribution in [2.45, 2.75) is 20.8 Å². The van der Waals surface area contributed by atoms with Crippen molar-refractivity contribution in [1.82, 2.24) is 14.8 Å². The fourth-order valence-corrected chi connectivity index (χ4v) is 4.89. The number of anilines is 1. The van der Waals surface area contributed by atoms with Crippen LogP contribution in [0.2, 0.25) is 0 Å². The Bertz CT molecular complexity index is 1060. The number of rotatable bonds is 8. The number of nitrogens with one attached hydrogen (secondary N) is 1. The molecule has 3 aromatic rings.